The summed E-state index contributed by atoms with van der Waals surface area (Å²) in [5, 5.41) is 0. The van der Waals surface area contributed by atoms with Crippen molar-refractivity contribution in [3.05, 3.63) is 0 Å². The molecule has 0 N–H and O–H groups in total. The lowest BCUT2D eigenvalue weighted by Crippen LogP contribution is -2.25. The van der Waals surface area contributed by atoms with Gasteiger partial charge in [0.25, 0.3) is 10.1 Å². The van der Waals surface area contributed by atoms with E-state index in [0.29, 0.717) is 0 Å². The first-order valence-electron chi connectivity index (χ1n) is 3.77. The Morgan fingerprint density at radius 3 is 2.54 bits per heavy atom. The van der Waals surface area contributed by atoms with Crippen LogP contribution in [0.5, 0.6) is 0 Å². The maximum absolute atomic E-state index is 10.9. The Morgan fingerprint density at radius 1 is 1.31 bits per heavy atom. The maximum Gasteiger partial charge on any atom is 0.508 e. The zero-order valence-electron chi connectivity index (χ0n) is 6.63. The number of cyclic esters (lactones) is 2. The lowest BCUT2D eigenvalue weighted by Gasteiger charge is -2.09. The molecule has 2 fully saturated rings. The highest BCUT2D eigenvalue weighted by atomic mass is 32.2. The van der Waals surface area contributed by atoms with Gasteiger partial charge in [0.2, 0.25) is 0 Å². The van der Waals surface area contributed by atoms with E-state index in [0.717, 1.165) is 0 Å². The first kappa shape index (κ1) is 8.76. The second-order valence-corrected chi connectivity index (χ2v) is 4.67. The number of hydrogen-bond donors (Lipinski definition) is 0. The van der Waals surface area contributed by atoms with Gasteiger partial charge in [-0.1, -0.05) is 0 Å². The fourth-order valence-corrected chi connectivity index (χ4v) is 2.65. The molecule has 2 unspecified atom stereocenters. The molecule has 2 saturated heterocycles. The molecule has 0 radical (unpaired) electrons. The monoisotopic (exact) mass is 208 g/mol. The Balaban J connectivity index is 2.00. The van der Waals surface area contributed by atoms with E-state index in [9.17, 15) is 13.2 Å². The van der Waals surface area contributed by atoms with Crippen LogP contribution in [0.1, 0.15) is 0 Å². The van der Waals surface area contributed by atoms with Crippen LogP contribution < -0.4 is 0 Å². The number of hydrogen-bond acceptors (Lipinski definition) is 6. The van der Waals surface area contributed by atoms with Crippen LogP contribution in [-0.2, 0) is 23.8 Å². The van der Waals surface area contributed by atoms with Gasteiger partial charge in [-0.2, -0.15) is 8.42 Å². The van der Waals surface area contributed by atoms with E-state index in [4.69, 9.17) is 4.74 Å². The van der Waals surface area contributed by atoms with Crippen LogP contribution in [0, 0.1) is 5.92 Å². The zero-order valence-corrected chi connectivity index (χ0v) is 7.45. The highest BCUT2D eigenvalue weighted by molar-refractivity contribution is 7.86. The van der Waals surface area contributed by atoms with E-state index in [1.54, 1.807) is 0 Å². The highest BCUT2D eigenvalue weighted by Crippen LogP contribution is 2.23. The number of carbonyl (C=O) groups excluding carboxylic acids is 1. The van der Waals surface area contributed by atoms with Gasteiger partial charge in [-0.25, -0.2) is 4.79 Å². The SMILES string of the molecule is O=C1OCC(C2COS(=O)(=O)C2)O1. The van der Waals surface area contributed by atoms with E-state index in [1.807, 2.05) is 0 Å². The van der Waals surface area contributed by atoms with Crippen molar-refractivity contribution in [3.63, 3.8) is 0 Å². The van der Waals surface area contributed by atoms with Crippen molar-refractivity contribution < 1.29 is 26.9 Å². The quantitative estimate of drug-likeness (QED) is 0.427. The minimum Gasteiger partial charge on any atom is -0.430 e. The van der Waals surface area contributed by atoms with Gasteiger partial charge in [-0.3, -0.25) is 4.18 Å². The van der Waals surface area contributed by atoms with Crippen LogP contribution in [-0.4, -0.2) is 39.6 Å². The standard InChI is InChI=1S/C6H8O6S/c7-6-10-2-5(12-6)4-1-11-13(8,9)3-4/h4-5H,1-3H2. The first-order chi connectivity index (χ1) is 6.07. The molecule has 2 atom stereocenters. The molecule has 2 heterocycles. The van der Waals surface area contributed by atoms with Crippen LogP contribution in [0.25, 0.3) is 0 Å². The van der Waals surface area contributed by atoms with E-state index in [1.165, 1.54) is 0 Å². The fourth-order valence-electron chi connectivity index (χ4n) is 1.34. The summed E-state index contributed by atoms with van der Waals surface area (Å²) in [5.74, 6) is -0.398. The van der Waals surface area contributed by atoms with Crippen molar-refractivity contribution in [1.29, 1.82) is 0 Å². The summed E-state index contributed by atoms with van der Waals surface area (Å²) < 4.78 is 35.5. The van der Waals surface area contributed by atoms with Crippen molar-refractivity contribution in [2.45, 2.75) is 6.10 Å². The van der Waals surface area contributed by atoms with Crippen LogP contribution in [0.4, 0.5) is 4.79 Å². The second-order valence-electron chi connectivity index (χ2n) is 2.99. The van der Waals surface area contributed by atoms with Gasteiger partial charge < -0.3 is 9.47 Å². The fraction of sp³-hybridized carbons (Fsp3) is 0.833. The maximum atomic E-state index is 10.9. The molecule has 0 spiro atoms. The van der Waals surface area contributed by atoms with Crippen molar-refractivity contribution in [3.8, 4) is 0 Å². The minimum absolute atomic E-state index is 0.0731. The molecule has 2 aliphatic rings. The van der Waals surface area contributed by atoms with Gasteiger partial charge in [-0.15, -0.1) is 0 Å². The molecule has 0 saturated carbocycles. The molecule has 0 aliphatic carbocycles. The first-order valence-corrected chi connectivity index (χ1v) is 5.35. The Hall–Kier alpha value is -0.820. The Kier molecular flexibility index (Phi) is 1.92. The summed E-state index contributed by atoms with van der Waals surface area (Å²) >= 11 is 0. The molecule has 0 bridgehead atoms. The van der Waals surface area contributed by atoms with Gasteiger partial charge in [-0.05, 0) is 0 Å². The predicted octanol–water partition coefficient (Wildman–Crippen LogP) is -0.502. The highest BCUT2D eigenvalue weighted by Gasteiger charge is 2.40. The van der Waals surface area contributed by atoms with Gasteiger partial charge >= 0.3 is 6.16 Å². The van der Waals surface area contributed by atoms with Gasteiger partial charge in [0.15, 0.2) is 0 Å². The van der Waals surface area contributed by atoms with Gasteiger partial charge in [0.05, 0.1) is 12.4 Å². The average molecular weight is 208 g/mol. The predicted molar refractivity (Wildman–Crippen MR) is 39.4 cm³/mol. The zero-order chi connectivity index (χ0) is 9.47. The Bertz CT molecular complexity index is 320. The topological polar surface area (TPSA) is 78.9 Å². The smallest absolute Gasteiger partial charge is 0.430 e. The largest absolute Gasteiger partial charge is 0.508 e. The summed E-state index contributed by atoms with van der Waals surface area (Å²) in [4.78, 5) is 10.5. The van der Waals surface area contributed by atoms with E-state index >= 15 is 0 Å². The third kappa shape index (κ3) is 1.75. The van der Waals surface area contributed by atoms with E-state index in [-0.39, 0.29) is 24.9 Å². The van der Waals surface area contributed by atoms with Crippen molar-refractivity contribution in [2.24, 2.45) is 5.92 Å². The van der Waals surface area contributed by atoms with Gasteiger partial charge in [0.1, 0.15) is 12.7 Å². The third-order valence-electron chi connectivity index (χ3n) is 2.02. The Labute approximate surface area is 74.9 Å². The third-order valence-corrected chi connectivity index (χ3v) is 3.35. The Morgan fingerprint density at radius 2 is 2.08 bits per heavy atom. The van der Waals surface area contributed by atoms with E-state index in [2.05, 4.69) is 8.92 Å². The second kappa shape index (κ2) is 2.85. The van der Waals surface area contributed by atoms with Crippen molar-refractivity contribution >= 4 is 16.3 Å². The van der Waals surface area contributed by atoms with Gasteiger partial charge in [0, 0.05) is 5.92 Å². The van der Waals surface area contributed by atoms with Crippen molar-refractivity contribution in [2.75, 3.05) is 19.0 Å². The summed E-state index contributed by atoms with van der Waals surface area (Å²) in [6.07, 6.45) is -1.22. The number of carbonyl (C=O) groups is 1. The summed E-state index contributed by atoms with van der Waals surface area (Å²) in [5.41, 5.74) is 0. The number of rotatable bonds is 1. The molecule has 0 aromatic rings. The molecule has 2 aliphatic heterocycles. The van der Waals surface area contributed by atoms with Crippen LogP contribution in [0.15, 0.2) is 0 Å². The van der Waals surface area contributed by atoms with Crippen LogP contribution in [0.2, 0.25) is 0 Å². The van der Waals surface area contributed by atoms with Crippen molar-refractivity contribution in [1.82, 2.24) is 0 Å². The molecular weight excluding hydrogens is 200 g/mol. The molecule has 0 aromatic heterocycles. The molecule has 74 valence electrons. The molecule has 7 heteroatoms. The molecule has 2 rings (SSSR count). The summed E-state index contributed by atoms with van der Waals surface area (Å²) in [7, 11) is -3.40. The molecule has 0 aromatic carbocycles. The van der Waals surface area contributed by atoms with Crippen LogP contribution in [0.3, 0.4) is 0 Å². The van der Waals surface area contributed by atoms with E-state index < -0.39 is 22.4 Å². The molecule has 6 nitrogen and oxygen atoms in total. The molecule has 13 heavy (non-hydrogen) atoms. The average Bonchev–Trinajstić information content (AvgIpc) is 2.56. The summed E-state index contributed by atoms with van der Waals surface area (Å²) in [6, 6.07) is 0. The summed E-state index contributed by atoms with van der Waals surface area (Å²) in [6.45, 7) is 0.187. The lowest BCUT2D eigenvalue weighted by atomic mass is 10.1. The normalized spacial score (nSPS) is 37.1. The molecular formula is C6H8O6S. The minimum atomic E-state index is -3.40. The van der Waals surface area contributed by atoms with Crippen LogP contribution >= 0.6 is 0 Å². The lowest BCUT2D eigenvalue weighted by molar-refractivity contribution is 0.0961. The number of ether oxygens (including phenoxy) is 2. The molecule has 0 amide bonds.